The van der Waals surface area contributed by atoms with Crippen molar-refractivity contribution in [3.63, 3.8) is 0 Å². The van der Waals surface area contributed by atoms with E-state index in [1.807, 2.05) is 0 Å². The van der Waals surface area contributed by atoms with Crippen LogP contribution < -0.4 is 15.4 Å². The Morgan fingerprint density at radius 2 is 1.77 bits per heavy atom. The number of urea groups is 1. The Labute approximate surface area is 276 Å². The number of carbonyl (C=O) groups excluding carboxylic acids is 3. The first kappa shape index (κ1) is 33.9. The quantitative estimate of drug-likeness (QED) is 0.220. The van der Waals surface area contributed by atoms with Gasteiger partial charge in [-0.25, -0.2) is 31.9 Å². The third-order valence-corrected chi connectivity index (χ3v) is 9.18. The molecule has 0 saturated carbocycles. The first-order chi connectivity index (χ1) is 22.8. The molecule has 4 amide bonds. The minimum absolute atomic E-state index is 0.0238. The van der Waals surface area contributed by atoms with Crippen LogP contribution in [0, 0.1) is 11.7 Å². The van der Waals surface area contributed by atoms with E-state index in [4.69, 9.17) is 4.74 Å². The summed E-state index contributed by atoms with van der Waals surface area (Å²) >= 11 is 0. The number of benzene rings is 1. The summed E-state index contributed by atoms with van der Waals surface area (Å²) in [6.07, 6.45) is 5.74. The average Bonchev–Trinajstić information content (AvgIpc) is 3.05. The third-order valence-electron chi connectivity index (χ3n) is 7.38. The Hall–Kier alpha value is -5.48. The van der Waals surface area contributed by atoms with Gasteiger partial charge in [-0.15, -0.1) is 0 Å². The predicted molar refractivity (Wildman–Crippen MR) is 173 cm³/mol. The normalized spacial score (nSPS) is 15.2. The molecule has 2 N–H and O–H groups in total. The summed E-state index contributed by atoms with van der Waals surface area (Å²) in [6.45, 7) is 3.44. The van der Waals surface area contributed by atoms with Gasteiger partial charge >= 0.3 is 6.03 Å². The van der Waals surface area contributed by atoms with Gasteiger partial charge in [0.25, 0.3) is 0 Å². The van der Waals surface area contributed by atoms with E-state index < -0.39 is 39.6 Å². The van der Waals surface area contributed by atoms with E-state index in [0.29, 0.717) is 17.2 Å². The fraction of sp³-hybridized carbons (Fsp3) is 0.250. The van der Waals surface area contributed by atoms with E-state index in [2.05, 4.69) is 25.6 Å². The van der Waals surface area contributed by atoms with Gasteiger partial charge in [0.05, 0.1) is 6.54 Å². The second-order valence-corrected chi connectivity index (χ2v) is 13.4. The maximum Gasteiger partial charge on any atom is 0.327 e. The average molecular weight is 677 g/mol. The molecule has 1 aliphatic heterocycles. The molecular formula is C32H33FN8O6S. The standard InChI is InChI=1S/C32H33FN8O6S/c1-20(2)40-19-25(31(43)41(32(40)44)18-21-9-12-34-13-10-21)30(42)37-22-5-7-27(26(33)15-22)47-23-11-14-35-29(16-23)38-28-8-6-24(17-36-28)48(45,46)39(3)4/h5-17,20,25H,18-19H2,1-4H3,(H,37,42)(H,35,36,38). The molecule has 0 radical (unpaired) electrons. The number of halogens is 1. The van der Waals surface area contributed by atoms with Crippen molar-refractivity contribution in [1.82, 2.24) is 29.1 Å². The van der Waals surface area contributed by atoms with E-state index in [1.54, 1.807) is 38.4 Å². The number of rotatable bonds is 11. The van der Waals surface area contributed by atoms with Gasteiger partial charge in [0, 0.05) is 69.3 Å². The van der Waals surface area contributed by atoms with Gasteiger partial charge in [0.1, 0.15) is 28.2 Å². The fourth-order valence-electron chi connectivity index (χ4n) is 4.74. The maximum atomic E-state index is 15.2. The number of anilines is 3. The highest BCUT2D eigenvalue weighted by Gasteiger charge is 2.43. The number of sulfonamides is 1. The van der Waals surface area contributed by atoms with E-state index >= 15 is 4.39 Å². The Bertz CT molecular complexity index is 1930. The van der Waals surface area contributed by atoms with Gasteiger partial charge in [-0.05, 0) is 61.9 Å². The lowest BCUT2D eigenvalue weighted by Gasteiger charge is -2.40. The van der Waals surface area contributed by atoms with Gasteiger partial charge < -0.3 is 20.3 Å². The van der Waals surface area contributed by atoms with Crippen LogP contribution in [-0.2, 0) is 26.2 Å². The van der Waals surface area contributed by atoms with Crippen LogP contribution in [0.1, 0.15) is 19.4 Å². The van der Waals surface area contributed by atoms with E-state index in [0.717, 1.165) is 15.3 Å². The number of imide groups is 1. The summed E-state index contributed by atoms with van der Waals surface area (Å²) in [7, 11) is -0.789. The molecular weight excluding hydrogens is 643 g/mol. The van der Waals surface area contributed by atoms with Crippen molar-refractivity contribution in [2.24, 2.45) is 5.92 Å². The first-order valence-corrected chi connectivity index (χ1v) is 16.2. The second-order valence-electron chi connectivity index (χ2n) is 11.3. The number of ether oxygens (including phenoxy) is 1. The molecule has 16 heteroatoms. The number of carbonyl (C=O) groups is 3. The summed E-state index contributed by atoms with van der Waals surface area (Å²) in [5.41, 5.74) is 0.768. The molecule has 0 aliphatic carbocycles. The van der Waals surface area contributed by atoms with Gasteiger partial charge in [0.2, 0.25) is 21.8 Å². The fourth-order valence-corrected chi connectivity index (χ4v) is 5.59. The van der Waals surface area contributed by atoms with Crippen LogP contribution in [-0.4, -0.2) is 82.0 Å². The highest BCUT2D eigenvalue weighted by Crippen LogP contribution is 2.29. The SMILES string of the molecule is CC(C)N1CC(C(=O)Nc2ccc(Oc3ccnc(Nc4ccc(S(=O)(=O)N(C)C)cn4)c3)c(F)c2)C(=O)N(Cc2ccncc2)C1=O. The molecule has 4 heterocycles. The monoisotopic (exact) mass is 676 g/mol. The van der Waals surface area contributed by atoms with Crippen LogP contribution in [0.15, 0.2) is 84.3 Å². The molecule has 1 atom stereocenters. The van der Waals surface area contributed by atoms with Crippen molar-refractivity contribution in [3.05, 3.63) is 90.8 Å². The Morgan fingerprint density at radius 1 is 1.02 bits per heavy atom. The van der Waals surface area contributed by atoms with Crippen LogP contribution in [0.5, 0.6) is 11.5 Å². The lowest BCUT2D eigenvalue weighted by Crippen LogP contribution is -2.60. The molecule has 4 aromatic rings. The highest BCUT2D eigenvalue weighted by atomic mass is 32.2. The highest BCUT2D eigenvalue weighted by molar-refractivity contribution is 7.89. The number of hydrogen-bond acceptors (Lipinski definition) is 10. The summed E-state index contributed by atoms with van der Waals surface area (Å²) in [5.74, 6) is -2.62. The van der Waals surface area contributed by atoms with Gasteiger partial charge in [-0.1, -0.05) is 0 Å². The van der Waals surface area contributed by atoms with Crippen molar-refractivity contribution in [3.8, 4) is 11.5 Å². The minimum atomic E-state index is -3.63. The molecule has 14 nitrogen and oxygen atoms in total. The van der Waals surface area contributed by atoms with Crippen molar-refractivity contribution >= 4 is 45.2 Å². The summed E-state index contributed by atoms with van der Waals surface area (Å²) in [5, 5.41) is 5.53. The van der Waals surface area contributed by atoms with Gasteiger partial charge in [-0.2, -0.15) is 0 Å². The van der Waals surface area contributed by atoms with Gasteiger partial charge in [-0.3, -0.25) is 19.5 Å². The lowest BCUT2D eigenvalue weighted by molar-refractivity contribution is -0.142. The molecule has 1 aliphatic rings. The summed E-state index contributed by atoms with van der Waals surface area (Å²) < 4.78 is 46.5. The van der Waals surface area contributed by atoms with Crippen LogP contribution in [0.2, 0.25) is 0 Å². The van der Waals surface area contributed by atoms with Crippen LogP contribution >= 0.6 is 0 Å². The van der Waals surface area contributed by atoms with E-state index in [-0.39, 0.29) is 41.2 Å². The second kappa shape index (κ2) is 14.1. The summed E-state index contributed by atoms with van der Waals surface area (Å²) in [4.78, 5) is 54.5. The van der Waals surface area contributed by atoms with Crippen molar-refractivity contribution in [2.45, 2.75) is 31.3 Å². The van der Waals surface area contributed by atoms with Crippen molar-refractivity contribution in [1.29, 1.82) is 0 Å². The van der Waals surface area contributed by atoms with E-state index in [9.17, 15) is 22.8 Å². The smallest absolute Gasteiger partial charge is 0.327 e. The van der Waals surface area contributed by atoms with Crippen LogP contribution in [0.4, 0.5) is 26.5 Å². The zero-order valence-electron chi connectivity index (χ0n) is 26.5. The molecule has 1 fully saturated rings. The molecule has 48 heavy (non-hydrogen) atoms. The Balaban J connectivity index is 1.25. The Morgan fingerprint density at radius 3 is 2.42 bits per heavy atom. The molecule has 1 aromatic carbocycles. The zero-order valence-corrected chi connectivity index (χ0v) is 27.3. The zero-order chi connectivity index (χ0) is 34.6. The summed E-state index contributed by atoms with van der Waals surface area (Å²) in [6, 6.07) is 12.3. The molecule has 1 saturated heterocycles. The largest absolute Gasteiger partial charge is 0.454 e. The number of hydrogen-bond donors (Lipinski definition) is 2. The molecule has 1 unspecified atom stereocenters. The van der Waals surface area contributed by atoms with E-state index in [1.165, 1.54) is 67.8 Å². The molecule has 0 bridgehead atoms. The van der Waals surface area contributed by atoms with Gasteiger partial charge in [0.15, 0.2) is 11.6 Å². The number of pyridine rings is 3. The maximum absolute atomic E-state index is 15.2. The Kier molecular flexibility index (Phi) is 9.95. The first-order valence-electron chi connectivity index (χ1n) is 14.7. The molecule has 0 spiro atoms. The molecule has 5 rings (SSSR count). The minimum Gasteiger partial charge on any atom is -0.454 e. The number of aromatic nitrogens is 3. The lowest BCUT2D eigenvalue weighted by atomic mass is 10.0. The molecule has 3 aromatic heterocycles. The molecule has 250 valence electrons. The predicted octanol–water partition coefficient (Wildman–Crippen LogP) is 4.22. The number of nitrogens with one attached hydrogen (secondary N) is 2. The number of amides is 4. The third kappa shape index (κ3) is 7.56. The van der Waals surface area contributed by atoms with Crippen LogP contribution in [0.25, 0.3) is 0 Å². The topological polar surface area (TPSA) is 167 Å². The van der Waals surface area contributed by atoms with Crippen molar-refractivity contribution in [2.75, 3.05) is 31.3 Å². The van der Waals surface area contributed by atoms with Crippen LogP contribution in [0.3, 0.4) is 0 Å². The number of nitrogens with zero attached hydrogens (tertiary/aromatic N) is 6. The van der Waals surface area contributed by atoms with Crippen molar-refractivity contribution < 1.29 is 31.9 Å².